The molecule has 0 aliphatic carbocycles. The van der Waals surface area contributed by atoms with Crippen LogP contribution in [0.15, 0.2) is 22.7 Å². The Balaban J connectivity index is 2.02. The van der Waals surface area contributed by atoms with Gasteiger partial charge < -0.3 is 0 Å². The molecule has 1 fully saturated rings. The largest absolute Gasteiger partial charge is 0.298 e. The second-order valence-electron chi connectivity index (χ2n) is 3.87. The number of likely N-dealkylation sites (tertiary alicyclic amines) is 1. The zero-order valence-electron chi connectivity index (χ0n) is 8.22. The Bertz CT molecular complexity index is 356. The summed E-state index contributed by atoms with van der Waals surface area (Å²) < 4.78 is 13.6. The van der Waals surface area contributed by atoms with E-state index in [9.17, 15) is 4.39 Å². The van der Waals surface area contributed by atoms with Crippen LogP contribution in [0.3, 0.4) is 0 Å². The van der Waals surface area contributed by atoms with Crippen molar-refractivity contribution in [3.8, 4) is 0 Å². The molecular weight excluding hydrogens is 325 g/mol. The van der Waals surface area contributed by atoms with E-state index in [4.69, 9.17) is 0 Å². The summed E-state index contributed by atoms with van der Waals surface area (Å²) in [6.07, 6.45) is 1.20. The first-order valence-corrected chi connectivity index (χ1v) is 6.66. The van der Waals surface area contributed by atoms with Gasteiger partial charge in [-0.3, -0.25) is 4.90 Å². The number of alkyl halides is 1. The van der Waals surface area contributed by atoms with Crippen molar-refractivity contribution in [2.45, 2.75) is 17.8 Å². The maximum atomic E-state index is 13.0. The lowest BCUT2D eigenvalue weighted by atomic mass is 10.2. The third-order valence-corrected chi connectivity index (χ3v) is 3.96. The van der Waals surface area contributed by atoms with Gasteiger partial charge in [0.25, 0.3) is 0 Å². The van der Waals surface area contributed by atoms with Gasteiger partial charge in [-0.15, -0.1) is 0 Å². The van der Waals surface area contributed by atoms with Gasteiger partial charge in [-0.05, 0) is 46.6 Å². The van der Waals surface area contributed by atoms with Crippen LogP contribution in [0, 0.1) is 5.82 Å². The van der Waals surface area contributed by atoms with E-state index in [0.29, 0.717) is 9.30 Å². The van der Waals surface area contributed by atoms with E-state index in [1.54, 1.807) is 0 Å². The minimum atomic E-state index is -0.196. The molecule has 1 aliphatic heterocycles. The lowest BCUT2D eigenvalue weighted by molar-refractivity contribution is 0.332. The van der Waals surface area contributed by atoms with E-state index in [2.05, 4.69) is 36.8 Å². The maximum Gasteiger partial charge on any atom is 0.137 e. The summed E-state index contributed by atoms with van der Waals surface area (Å²) in [5.74, 6) is -0.196. The van der Waals surface area contributed by atoms with Crippen molar-refractivity contribution >= 4 is 31.9 Å². The summed E-state index contributed by atoms with van der Waals surface area (Å²) in [5, 5.41) is 0. The number of rotatable bonds is 2. The highest BCUT2D eigenvalue weighted by Gasteiger charge is 2.19. The number of hydrogen-bond donors (Lipinski definition) is 0. The molecule has 1 aliphatic rings. The summed E-state index contributed by atoms with van der Waals surface area (Å²) in [4.78, 5) is 2.99. The van der Waals surface area contributed by atoms with E-state index in [1.165, 1.54) is 12.5 Å². The molecule has 0 spiro atoms. The van der Waals surface area contributed by atoms with Gasteiger partial charge in [0.2, 0.25) is 0 Å². The minimum Gasteiger partial charge on any atom is -0.298 e. The summed E-state index contributed by atoms with van der Waals surface area (Å²) in [6.45, 7) is 3.10. The Morgan fingerprint density at radius 2 is 2.27 bits per heavy atom. The van der Waals surface area contributed by atoms with E-state index in [1.807, 2.05) is 12.1 Å². The van der Waals surface area contributed by atoms with Crippen molar-refractivity contribution < 1.29 is 4.39 Å². The van der Waals surface area contributed by atoms with Crippen LogP contribution in [0.25, 0.3) is 0 Å². The second-order valence-corrected chi connectivity index (χ2v) is 6.02. The van der Waals surface area contributed by atoms with Crippen LogP contribution in [0.2, 0.25) is 0 Å². The number of nitrogens with zero attached hydrogens (tertiary/aromatic N) is 1. The lowest BCUT2D eigenvalue weighted by Crippen LogP contribution is -2.20. The molecule has 0 N–H and O–H groups in total. The molecule has 1 saturated heterocycles. The quantitative estimate of drug-likeness (QED) is 0.746. The molecule has 82 valence electrons. The first-order valence-electron chi connectivity index (χ1n) is 4.95. The third-order valence-electron chi connectivity index (χ3n) is 2.61. The second kappa shape index (κ2) is 4.93. The van der Waals surface area contributed by atoms with Crippen LogP contribution in [-0.4, -0.2) is 22.8 Å². The fraction of sp³-hybridized carbons (Fsp3) is 0.455. The normalized spacial score (nSPS) is 22.2. The fourth-order valence-electron chi connectivity index (χ4n) is 1.83. The Kier molecular flexibility index (Phi) is 3.80. The van der Waals surface area contributed by atoms with Gasteiger partial charge in [0.15, 0.2) is 0 Å². The molecule has 1 nitrogen and oxygen atoms in total. The van der Waals surface area contributed by atoms with Crippen molar-refractivity contribution in [1.29, 1.82) is 0 Å². The molecule has 0 radical (unpaired) electrons. The van der Waals surface area contributed by atoms with Gasteiger partial charge in [0.05, 0.1) is 4.47 Å². The molecule has 2 rings (SSSR count). The van der Waals surface area contributed by atoms with Gasteiger partial charge in [0, 0.05) is 17.9 Å². The number of halogens is 3. The average molecular weight is 337 g/mol. The molecule has 1 aromatic rings. The molecule has 0 aromatic heterocycles. The van der Waals surface area contributed by atoms with Crippen molar-refractivity contribution in [3.63, 3.8) is 0 Å². The molecule has 0 bridgehead atoms. The van der Waals surface area contributed by atoms with E-state index in [-0.39, 0.29) is 5.82 Å². The van der Waals surface area contributed by atoms with Crippen LogP contribution < -0.4 is 0 Å². The van der Waals surface area contributed by atoms with E-state index >= 15 is 0 Å². The Morgan fingerprint density at radius 3 is 2.87 bits per heavy atom. The first-order chi connectivity index (χ1) is 7.15. The van der Waals surface area contributed by atoms with Crippen LogP contribution >= 0.6 is 31.9 Å². The average Bonchev–Trinajstić information content (AvgIpc) is 2.58. The smallest absolute Gasteiger partial charge is 0.137 e. The number of benzene rings is 1. The molecule has 1 atom stereocenters. The summed E-state index contributed by atoms with van der Waals surface area (Å²) in [7, 11) is 0. The fourth-order valence-corrected chi connectivity index (χ4v) is 2.87. The molecule has 15 heavy (non-hydrogen) atoms. The molecular formula is C11H12Br2FN. The van der Waals surface area contributed by atoms with E-state index < -0.39 is 0 Å². The van der Waals surface area contributed by atoms with Crippen LogP contribution in [0.4, 0.5) is 4.39 Å². The topological polar surface area (TPSA) is 3.24 Å². The highest BCUT2D eigenvalue weighted by Crippen LogP contribution is 2.21. The number of hydrogen-bond acceptors (Lipinski definition) is 1. The van der Waals surface area contributed by atoms with Crippen molar-refractivity contribution in [2.75, 3.05) is 13.1 Å². The zero-order valence-corrected chi connectivity index (χ0v) is 11.4. The zero-order chi connectivity index (χ0) is 10.8. The van der Waals surface area contributed by atoms with Gasteiger partial charge in [-0.25, -0.2) is 4.39 Å². The standard InChI is InChI=1S/C11H12Br2FN/c12-9-3-4-15(7-9)6-8-1-2-11(14)10(13)5-8/h1-2,5,9H,3-4,6-7H2. The lowest BCUT2D eigenvalue weighted by Gasteiger charge is -2.15. The van der Waals surface area contributed by atoms with Crippen LogP contribution in [-0.2, 0) is 6.54 Å². The third kappa shape index (κ3) is 3.02. The van der Waals surface area contributed by atoms with Gasteiger partial charge in [-0.2, -0.15) is 0 Å². The SMILES string of the molecule is Fc1ccc(CN2CCC(Br)C2)cc1Br. The van der Waals surface area contributed by atoms with Crippen molar-refractivity contribution in [2.24, 2.45) is 0 Å². The van der Waals surface area contributed by atoms with E-state index in [0.717, 1.165) is 25.2 Å². The molecule has 4 heteroatoms. The summed E-state index contributed by atoms with van der Waals surface area (Å²) in [5.41, 5.74) is 1.16. The Morgan fingerprint density at radius 1 is 1.47 bits per heavy atom. The van der Waals surface area contributed by atoms with Gasteiger partial charge in [-0.1, -0.05) is 22.0 Å². The van der Waals surface area contributed by atoms with Crippen LogP contribution in [0.1, 0.15) is 12.0 Å². The monoisotopic (exact) mass is 335 g/mol. The molecule has 0 saturated carbocycles. The predicted molar refractivity (Wildman–Crippen MR) is 66.7 cm³/mol. The van der Waals surface area contributed by atoms with Gasteiger partial charge >= 0.3 is 0 Å². The maximum absolute atomic E-state index is 13.0. The molecule has 0 amide bonds. The molecule has 1 unspecified atom stereocenters. The highest BCUT2D eigenvalue weighted by molar-refractivity contribution is 9.10. The first kappa shape index (κ1) is 11.6. The summed E-state index contributed by atoms with van der Waals surface area (Å²) in [6, 6.07) is 5.22. The Labute approximate surface area is 106 Å². The predicted octanol–water partition coefficient (Wildman–Crippen LogP) is 3.56. The van der Waals surface area contributed by atoms with Crippen LogP contribution in [0.5, 0.6) is 0 Å². The molecule has 1 aromatic carbocycles. The van der Waals surface area contributed by atoms with Gasteiger partial charge in [0.1, 0.15) is 5.82 Å². The van der Waals surface area contributed by atoms with Crippen molar-refractivity contribution in [3.05, 3.63) is 34.1 Å². The van der Waals surface area contributed by atoms with Crippen molar-refractivity contribution in [1.82, 2.24) is 4.90 Å². The highest BCUT2D eigenvalue weighted by atomic mass is 79.9. The summed E-state index contributed by atoms with van der Waals surface area (Å²) >= 11 is 6.81. The minimum absolute atomic E-state index is 0.196. The molecule has 1 heterocycles. The Hall–Kier alpha value is 0.0700.